The van der Waals surface area contributed by atoms with Crippen LogP contribution in [-0.4, -0.2) is 64.3 Å². The van der Waals surface area contributed by atoms with E-state index in [-0.39, 0.29) is 25.0 Å². The lowest BCUT2D eigenvalue weighted by molar-refractivity contribution is -0.150. The Labute approximate surface area is 230 Å². The van der Waals surface area contributed by atoms with Gasteiger partial charge in [0.15, 0.2) is 0 Å². The van der Waals surface area contributed by atoms with Gasteiger partial charge in [-0.3, -0.25) is 4.79 Å². The molecule has 0 unspecified atom stereocenters. The van der Waals surface area contributed by atoms with Crippen LogP contribution >= 0.6 is 0 Å². The molecule has 2 N–H and O–H groups in total. The maximum atomic E-state index is 13.8. The summed E-state index contributed by atoms with van der Waals surface area (Å²) < 4.78 is 11.9. The van der Waals surface area contributed by atoms with Gasteiger partial charge >= 0.3 is 12.1 Å². The SMILES string of the molecule is CCc1cnc2c3cc(ccc13)CCCC(C)(C)COC(=O)N[C@@H](C(C)(C)C)C(=O)N1C[C@@H](C[C@H]1C(=O)O)O2. The van der Waals surface area contributed by atoms with E-state index in [2.05, 4.69) is 49.3 Å². The molecule has 2 aliphatic heterocycles. The first-order chi connectivity index (χ1) is 18.3. The number of rotatable bonds is 2. The summed E-state index contributed by atoms with van der Waals surface area (Å²) in [5, 5.41) is 14.7. The number of carbonyl (C=O) groups is 3. The van der Waals surface area contributed by atoms with E-state index >= 15 is 0 Å². The van der Waals surface area contributed by atoms with Crippen molar-refractivity contribution in [2.24, 2.45) is 10.8 Å². The minimum Gasteiger partial charge on any atom is -0.480 e. The number of carboxylic acid groups (broad SMARTS) is 1. The molecular formula is C30H41N3O6. The van der Waals surface area contributed by atoms with Crippen molar-refractivity contribution in [3.8, 4) is 5.88 Å². The van der Waals surface area contributed by atoms with Crippen LogP contribution in [0.4, 0.5) is 4.79 Å². The number of fused-ring (bicyclic) bond motifs is 3. The van der Waals surface area contributed by atoms with Gasteiger partial charge in [-0.15, -0.1) is 0 Å². The second-order valence-corrected chi connectivity index (χ2v) is 12.7. The third-order valence-electron chi connectivity index (χ3n) is 7.78. The summed E-state index contributed by atoms with van der Waals surface area (Å²) in [5.74, 6) is -1.14. The van der Waals surface area contributed by atoms with Crippen molar-refractivity contribution in [1.82, 2.24) is 15.2 Å². The standard InChI is InChI=1S/C30H41N3O6/c1-7-19-15-31-25-22-13-18(10-11-21(19)22)9-8-12-30(5,6)17-38-28(37)32-24(29(2,3)4)26(34)33-16-20(39-25)14-23(33)27(35)36/h10-11,13,15,20,23-24H,7-9,12,14,16-17H2,1-6H3,(H,32,37)(H,35,36)/t20-,23+,24-/m1/s1. The van der Waals surface area contributed by atoms with Crippen molar-refractivity contribution in [3.63, 3.8) is 0 Å². The Balaban J connectivity index is 1.75. The number of cyclic esters (lactones) is 1. The zero-order valence-electron chi connectivity index (χ0n) is 23.9. The van der Waals surface area contributed by atoms with Crippen molar-refractivity contribution < 1.29 is 29.0 Å². The highest BCUT2D eigenvalue weighted by atomic mass is 16.5. The van der Waals surface area contributed by atoms with Gasteiger partial charge in [0.25, 0.3) is 0 Å². The number of aromatic nitrogens is 1. The number of aryl methyl sites for hydroxylation is 2. The predicted molar refractivity (Wildman–Crippen MR) is 148 cm³/mol. The van der Waals surface area contributed by atoms with E-state index in [1.807, 2.05) is 27.0 Å². The van der Waals surface area contributed by atoms with Gasteiger partial charge in [-0.2, -0.15) is 0 Å². The summed E-state index contributed by atoms with van der Waals surface area (Å²) in [6, 6.07) is 4.29. The maximum absolute atomic E-state index is 13.8. The van der Waals surface area contributed by atoms with Crippen LogP contribution in [0.3, 0.4) is 0 Å². The summed E-state index contributed by atoms with van der Waals surface area (Å²) in [5.41, 5.74) is 1.32. The molecule has 2 aliphatic rings. The van der Waals surface area contributed by atoms with Gasteiger partial charge in [0.05, 0.1) is 13.2 Å². The molecule has 2 aromatic rings. The second kappa shape index (κ2) is 11.0. The van der Waals surface area contributed by atoms with Crippen molar-refractivity contribution in [1.29, 1.82) is 0 Å². The molecule has 0 radical (unpaired) electrons. The molecule has 212 valence electrons. The van der Waals surface area contributed by atoms with Crippen LogP contribution in [0.25, 0.3) is 10.8 Å². The van der Waals surface area contributed by atoms with Crippen LogP contribution in [0.15, 0.2) is 24.4 Å². The van der Waals surface area contributed by atoms with E-state index in [0.29, 0.717) is 5.88 Å². The van der Waals surface area contributed by atoms with Crippen LogP contribution in [0.2, 0.25) is 0 Å². The Bertz CT molecular complexity index is 1250. The molecule has 9 nitrogen and oxygen atoms in total. The monoisotopic (exact) mass is 539 g/mol. The Morgan fingerprint density at radius 1 is 1.23 bits per heavy atom. The van der Waals surface area contributed by atoms with Crippen LogP contribution in [0.5, 0.6) is 5.88 Å². The molecule has 9 heteroatoms. The zero-order valence-corrected chi connectivity index (χ0v) is 23.9. The fourth-order valence-corrected chi connectivity index (χ4v) is 5.45. The summed E-state index contributed by atoms with van der Waals surface area (Å²) in [4.78, 5) is 44.7. The van der Waals surface area contributed by atoms with E-state index in [1.165, 1.54) is 4.90 Å². The number of benzene rings is 1. The number of hydrogen-bond acceptors (Lipinski definition) is 6. The Morgan fingerprint density at radius 3 is 2.64 bits per heavy atom. The lowest BCUT2D eigenvalue weighted by Gasteiger charge is -2.34. The van der Waals surface area contributed by atoms with Gasteiger partial charge in [-0.25, -0.2) is 14.6 Å². The minimum absolute atomic E-state index is 0.0739. The topological polar surface area (TPSA) is 118 Å². The number of nitrogens with one attached hydrogen (secondary N) is 1. The molecule has 1 aromatic heterocycles. The first kappa shape index (κ1) is 28.6. The molecule has 1 fully saturated rings. The Hall–Kier alpha value is -3.36. The van der Waals surface area contributed by atoms with Crippen LogP contribution in [-0.2, 0) is 27.2 Å². The molecule has 4 bridgehead atoms. The number of aliphatic carboxylic acids is 1. The lowest BCUT2D eigenvalue weighted by atomic mass is 9.85. The fraction of sp³-hybridized carbons (Fsp3) is 0.600. The number of alkyl carbamates (subject to hydrolysis) is 1. The first-order valence-electron chi connectivity index (χ1n) is 13.8. The molecule has 0 aliphatic carbocycles. The molecule has 0 spiro atoms. The Kier molecular flexibility index (Phi) is 8.09. The quantitative estimate of drug-likeness (QED) is 0.566. The highest BCUT2D eigenvalue weighted by Gasteiger charge is 2.46. The molecule has 39 heavy (non-hydrogen) atoms. The summed E-state index contributed by atoms with van der Waals surface area (Å²) in [6.45, 7) is 11.9. The van der Waals surface area contributed by atoms with E-state index in [1.54, 1.807) is 0 Å². The average molecular weight is 540 g/mol. The number of carbonyl (C=O) groups excluding carboxylic acids is 2. The van der Waals surface area contributed by atoms with E-state index < -0.39 is 41.6 Å². The van der Waals surface area contributed by atoms with E-state index in [9.17, 15) is 19.5 Å². The number of carboxylic acids is 1. The molecule has 3 heterocycles. The zero-order chi connectivity index (χ0) is 28.5. The summed E-state index contributed by atoms with van der Waals surface area (Å²) in [7, 11) is 0. The third-order valence-corrected chi connectivity index (χ3v) is 7.78. The molecule has 1 saturated heterocycles. The largest absolute Gasteiger partial charge is 0.480 e. The molecule has 4 rings (SSSR count). The highest BCUT2D eigenvalue weighted by molar-refractivity contribution is 5.91. The number of pyridine rings is 1. The van der Waals surface area contributed by atoms with Crippen LogP contribution < -0.4 is 10.1 Å². The van der Waals surface area contributed by atoms with Crippen molar-refractivity contribution in [2.75, 3.05) is 13.2 Å². The second-order valence-electron chi connectivity index (χ2n) is 12.7. The van der Waals surface area contributed by atoms with Gasteiger partial charge in [0.2, 0.25) is 11.8 Å². The molecule has 1 aromatic carbocycles. The van der Waals surface area contributed by atoms with E-state index in [4.69, 9.17) is 9.47 Å². The highest BCUT2D eigenvalue weighted by Crippen LogP contribution is 2.33. The third kappa shape index (κ3) is 6.45. The summed E-state index contributed by atoms with van der Waals surface area (Å²) >= 11 is 0. The average Bonchev–Trinajstić information content (AvgIpc) is 3.29. The van der Waals surface area contributed by atoms with Crippen molar-refractivity contribution in [3.05, 3.63) is 35.5 Å². The minimum atomic E-state index is -1.11. The van der Waals surface area contributed by atoms with Gasteiger partial charge in [-0.05, 0) is 59.1 Å². The van der Waals surface area contributed by atoms with Gasteiger partial charge in [0, 0.05) is 18.0 Å². The van der Waals surface area contributed by atoms with Crippen LogP contribution in [0.1, 0.15) is 71.9 Å². The lowest BCUT2D eigenvalue weighted by Crippen LogP contribution is -2.57. The van der Waals surface area contributed by atoms with Crippen molar-refractivity contribution >= 4 is 28.7 Å². The fourth-order valence-electron chi connectivity index (χ4n) is 5.45. The molecule has 2 amide bonds. The smallest absolute Gasteiger partial charge is 0.407 e. The summed E-state index contributed by atoms with van der Waals surface area (Å²) in [6.07, 6.45) is 4.10. The molecule has 3 atom stereocenters. The molecule has 0 saturated carbocycles. The van der Waals surface area contributed by atoms with Gasteiger partial charge in [-0.1, -0.05) is 53.7 Å². The number of amides is 2. The van der Waals surface area contributed by atoms with Gasteiger partial charge < -0.3 is 24.8 Å². The van der Waals surface area contributed by atoms with Crippen LogP contribution in [0, 0.1) is 10.8 Å². The normalized spacial score (nSPS) is 24.5. The maximum Gasteiger partial charge on any atom is 0.407 e. The first-order valence-corrected chi connectivity index (χ1v) is 13.8. The van der Waals surface area contributed by atoms with E-state index in [0.717, 1.165) is 47.6 Å². The number of nitrogens with zero attached hydrogens (tertiary/aromatic N) is 2. The molecular weight excluding hydrogens is 498 g/mol. The van der Waals surface area contributed by atoms with Crippen molar-refractivity contribution in [2.45, 2.75) is 91.8 Å². The Morgan fingerprint density at radius 2 is 1.97 bits per heavy atom. The predicted octanol–water partition coefficient (Wildman–Crippen LogP) is 4.73. The van der Waals surface area contributed by atoms with Gasteiger partial charge in [0.1, 0.15) is 18.2 Å². The number of ether oxygens (including phenoxy) is 2. The number of hydrogen-bond donors (Lipinski definition) is 2.